The van der Waals surface area contributed by atoms with Gasteiger partial charge in [0.25, 0.3) is 0 Å². The lowest BCUT2D eigenvalue weighted by atomic mass is 9.85. The molecule has 2 aromatic rings. The van der Waals surface area contributed by atoms with Crippen LogP contribution in [0.25, 0.3) is 11.6 Å². The molecule has 0 bridgehead atoms. The predicted octanol–water partition coefficient (Wildman–Crippen LogP) is 6.12. The van der Waals surface area contributed by atoms with Crippen LogP contribution in [0, 0.1) is 0 Å². The molecule has 30 heavy (non-hydrogen) atoms. The van der Waals surface area contributed by atoms with Gasteiger partial charge in [0.2, 0.25) is 5.24 Å². The first-order valence-electron chi connectivity index (χ1n) is 10.0. The van der Waals surface area contributed by atoms with E-state index in [1.165, 1.54) is 22.3 Å². The molecular weight excluding hydrogens is 417 g/mol. The molecule has 154 valence electrons. The van der Waals surface area contributed by atoms with Gasteiger partial charge in [-0.15, -0.1) is 0 Å². The lowest BCUT2D eigenvalue weighted by molar-refractivity contribution is -0.115. The molecule has 3 nitrogen and oxygen atoms in total. The maximum Gasteiger partial charge on any atom is 0.248 e. The zero-order valence-corrected chi connectivity index (χ0v) is 18.3. The highest BCUT2D eigenvalue weighted by Crippen LogP contribution is 2.34. The third kappa shape index (κ3) is 4.63. The molecule has 4 rings (SSSR count). The van der Waals surface area contributed by atoms with Crippen molar-refractivity contribution < 1.29 is 9.53 Å². The number of carbonyl (C=O) groups excluding carboxylic acids is 1. The Morgan fingerprint density at radius 1 is 1.20 bits per heavy atom. The quantitative estimate of drug-likeness (QED) is 0.486. The van der Waals surface area contributed by atoms with Crippen molar-refractivity contribution in [3.8, 4) is 5.75 Å². The molecule has 0 fully saturated rings. The van der Waals surface area contributed by atoms with Crippen molar-refractivity contribution >= 4 is 40.1 Å². The molecule has 0 radical (unpaired) electrons. The highest BCUT2D eigenvalue weighted by molar-refractivity contribution is 6.65. The van der Waals surface area contributed by atoms with E-state index in [4.69, 9.17) is 27.9 Å². The van der Waals surface area contributed by atoms with Crippen molar-refractivity contribution in [3.63, 3.8) is 0 Å². The van der Waals surface area contributed by atoms with Gasteiger partial charge in [-0.1, -0.05) is 35.9 Å². The SMILES string of the molecule is CC1=C(CN2C=CC2C(=O)Cl)CCc2cc(OC/C=C/c3ccc(Cl)cc3)ccc21. The molecular formula is C25H23Cl2NO2. The number of fused-ring (bicyclic) bond motifs is 1. The van der Waals surface area contributed by atoms with Gasteiger partial charge < -0.3 is 9.64 Å². The predicted molar refractivity (Wildman–Crippen MR) is 124 cm³/mol. The van der Waals surface area contributed by atoms with Gasteiger partial charge in [0.1, 0.15) is 18.4 Å². The molecule has 2 aromatic carbocycles. The molecule has 0 saturated heterocycles. The van der Waals surface area contributed by atoms with Crippen molar-refractivity contribution in [1.82, 2.24) is 4.90 Å². The second kappa shape index (κ2) is 9.11. The summed E-state index contributed by atoms with van der Waals surface area (Å²) in [7, 11) is 0. The van der Waals surface area contributed by atoms with Gasteiger partial charge in [0.15, 0.2) is 0 Å². The second-order valence-electron chi connectivity index (χ2n) is 7.58. The van der Waals surface area contributed by atoms with Crippen LogP contribution in [0.2, 0.25) is 5.02 Å². The number of carbonyl (C=O) groups is 1. The third-order valence-electron chi connectivity index (χ3n) is 5.66. The Morgan fingerprint density at radius 2 is 2.00 bits per heavy atom. The average Bonchev–Trinajstić information content (AvgIpc) is 2.70. The van der Waals surface area contributed by atoms with Gasteiger partial charge in [-0.3, -0.25) is 4.79 Å². The molecule has 0 spiro atoms. The Bertz CT molecular complexity index is 1040. The summed E-state index contributed by atoms with van der Waals surface area (Å²) in [5.74, 6) is 0.879. The summed E-state index contributed by atoms with van der Waals surface area (Å²) < 4.78 is 5.91. The summed E-state index contributed by atoms with van der Waals surface area (Å²) in [6.45, 7) is 3.42. The summed E-state index contributed by atoms with van der Waals surface area (Å²) in [5, 5.41) is 0.414. The number of allylic oxidation sites excluding steroid dienone is 1. The van der Waals surface area contributed by atoms with Gasteiger partial charge in [-0.25, -0.2) is 0 Å². The average molecular weight is 440 g/mol. The Kier molecular flexibility index (Phi) is 6.31. The van der Waals surface area contributed by atoms with Crippen LogP contribution in [0.3, 0.4) is 0 Å². The van der Waals surface area contributed by atoms with E-state index in [9.17, 15) is 4.79 Å². The van der Waals surface area contributed by atoms with Gasteiger partial charge >= 0.3 is 0 Å². The standard InChI is InChI=1S/C25H23Cl2NO2/c1-17-20(16-28-13-12-24(28)25(27)29)7-6-19-15-22(10-11-23(17)19)30-14-2-3-18-4-8-21(26)9-5-18/h2-5,8-13,15,24H,6-7,14,16H2,1H3/b3-2+. The van der Waals surface area contributed by atoms with Crippen LogP contribution in [-0.4, -0.2) is 29.3 Å². The van der Waals surface area contributed by atoms with Crippen LogP contribution < -0.4 is 4.74 Å². The fourth-order valence-corrected chi connectivity index (χ4v) is 4.19. The van der Waals surface area contributed by atoms with Gasteiger partial charge in [-0.2, -0.15) is 0 Å². The monoisotopic (exact) mass is 439 g/mol. The zero-order chi connectivity index (χ0) is 21.1. The number of nitrogens with zero attached hydrogens (tertiary/aromatic N) is 1. The zero-order valence-electron chi connectivity index (χ0n) is 16.8. The van der Waals surface area contributed by atoms with E-state index in [-0.39, 0.29) is 11.3 Å². The fourth-order valence-electron chi connectivity index (χ4n) is 3.87. The molecule has 1 aliphatic carbocycles. The Hall–Kier alpha value is -2.49. The molecule has 5 heteroatoms. The minimum atomic E-state index is -0.320. The molecule has 0 aromatic heterocycles. The van der Waals surface area contributed by atoms with Crippen molar-refractivity contribution in [1.29, 1.82) is 0 Å². The summed E-state index contributed by atoms with van der Waals surface area (Å²) in [4.78, 5) is 13.4. The van der Waals surface area contributed by atoms with Crippen LogP contribution >= 0.6 is 23.2 Å². The van der Waals surface area contributed by atoms with Crippen molar-refractivity contribution in [2.75, 3.05) is 13.2 Å². The van der Waals surface area contributed by atoms with E-state index in [1.807, 2.05) is 59.7 Å². The lowest BCUT2D eigenvalue weighted by Gasteiger charge is -2.35. The van der Waals surface area contributed by atoms with Crippen LogP contribution in [0.4, 0.5) is 0 Å². The number of halogens is 2. The van der Waals surface area contributed by atoms with Gasteiger partial charge in [0, 0.05) is 11.6 Å². The molecule has 0 amide bonds. The first kappa shape index (κ1) is 20.8. The number of rotatable bonds is 7. The van der Waals surface area contributed by atoms with E-state index in [0.29, 0.717) is 6.61 Å². The van der Waals surface area contributed by atoms with E-state index in [2.05, 4.69) is 19.1 Å². The normalized spacial score (nSPS) is 17.8. The van der Waals surface area contributed by atoms with Gasteiger partial charge in [-0.05, 0) is 102 Å². The summed E-state index contributed by atoms with van der Waals surface area (Å²) in [6.07, 6.45) is 9.75. The maximum atomic E-state index is 11.4. The van der Waals surface area contributed by atoms with Crippen LogP contribution in [0.15, 0.2) is 66.4 Å². The minimum absolute atomic E-state index is 0.287. The first-order valence-corrected chi connectivity index (χ1v) is 10.8. The molecule has 2 aliphatic rings. The number of hydrogen-bond donors (Lipinski definition) is 0. The smallest absolute Gasteiger partial charge is 0.248 e. The van der Waals surface area contributed by atoms with Crippen molar-refractivity contribution in [2.45, 2.75) is 25.8 Å². The van der Waals surface area contributed by atoms with Crippen LogP contribution in [0.5, 0.6) is 5.75 Å². The van der Waals surface area contributed by atoms with E-state index in [0.717, 1.165) is 35.7 Å². The molecule has 0 N–H and O–H groups in total. The lowest BCUT2D eigenvalue weighted by Crippen LogP contribution is -2.42. The van der Waals surface area contributed by atoms with E-state index < -0.39 is 0 Å². The molecule has 0 saturated carbocycles. The second-order valence-corrected chi connectivity index (χ2v) is 8.38. The Morgan fingerprint density at radius 3 is 2.70 bits per heavy atom. The Balaban J connectivity index is 1.38. The largest absolute Gasteiger partial charge is 0.490 e. The number of aryl methyl sites for hydroxylation is 1. The number of benzene rings is 2. The van der Waals surface area contributed by atoms with Crippen LogP contribution in [-0.2, 0) is 11.2 Å². The minimum Gasteiger partial charge on any atom is -0.490 e. The maximum absolute atomic E-state index is 11.4. The molecule has 1 atom stereocenters. The highest BCUT2D eigenvalue weighted by Gasteiger charge is 2.28. The molecule has 1 aliphatic heterocycles. The summed E-state index contributed by atoms with van der Waals surface area (Å²) >= 11 is 11.6. The van der Waals surface area contributed by atoms with Crippen LogP contribution in [0.1, 0.15) is 30.0 Å². The third-order valence-corrected chi connectivity index (χ3v) is 6.13. The number of ether oxygens (including phenoxy) is 1. The summed E-state index contributed by atoms with van der Waals surface area (Å²) in [6, 6.07) is 13.7. The van der Waals surface area contributed by atoms with Crippen molar-refractivity contribution in [3.05, 3.63) is 88.1 Å². The molecule has 1 heterocycles. The van der Waals surface area contributed by atoms with Gasteiger partial charge in [0.05, 0.1) is 0 Å². The highest BCUT2D eigenvalue weighted by atomic mass is 35.5. The first-order chi connectivity index (χ1) is 14.5. The van der Waals surface area contributed by atoms with E-state index in [1.54, 1.807) is 0 Å². The van der Waals surface area contributed by atoms with E-state index >= 15 is 0 Å². The number of hydrogen-bond acceptors (Lipinski definition) is 3. The summed E-state index contributed by atoms with van der Waals surface area (Å²) in [5.41, 5.74) is 6.30. The van der Waals surface area contributed by atoms with Crippen molar-refractivity contribution in [2.24, 2.45) is 0 Å². The Labute approximate surface area is 187 Å². The topological polar surface area (TPSA) is 29.5 Å². The fraction of sp³-hybridized carbons (Fsp3) is 0.240. The molecule has 1 unspecified atom stereocenters.